The van der Waals surface area contributed by atoms with Crippen LogP contribution in [0.5, 0.6) is 5.75 Å². The molecular weight excluding hydrogens is 868 g/mol. The van der Waals surface area contributed by atoms with Gasteiger partial charge in [0.05, 0.1) is 41.2 Å². The first-order valence-corrected chi connectivity index (χ1v) is 21.1. The Morgan fingerprint density at radius 3 is 2.33 bits per heavy atom. The van der Waals surface area contributed by atoms with Gasteiger partial charge >= 0.3 is 5.97 Å². The number of aromatic carboxylic acids is 1. The number of benzene rings is 5. The number of hydrogen-bond donors (Lipinski definition) is 6. The van der Waals surface area contributed by atoms with Gasteiger partial charge in [0.25, 0.3) is 0 Å². The van der Waals surface area contributed by atoms with E-state index in [1.165, 1.54) is 30.3 Å². The topological polar surface area (TPSA) is 194 Å². The molecule has 1 fully saturated rings. The molecule has 1 aliphatic carbocycles. The third-order valence-electron chi connectivity index (χ3n) is 10.7. The van der Waals surface area contributed by atoms with Crippen molar-refractivity contribution in [1.29, 1.82) is 0 Å². The Morgan fingerprint density at radius 2 is 1.57 bits per heavy atom. The van der Waals surface area contributed by atoms with Crippen LogP contribution in [0.3, 0.4) is 0 Å². The van der Waals surface area contributed by atoms with Crippen molar-refractivity contribution >= 4 is 86.6 Å². The smallest absolute Gasteiger partial charge is 0.336 e. The summed E-state index contributed by atoms with van der Waals surface area (Å²) in [6.45, 7) is 1.85. The highest BCUT2D eigenvalue weighted by Gasteiger charge is 2.27. The van der Waals surface area contributed by atoms with Crippen LogP contribution in [-0.2, 0) is 20.8 Å². The van der Waals surface area contributed by atoms with Crippen molar-refractivity contribution in [3.63, 3.8) is 0 Å². The van der Waals surface area contributed by atoms with Crippen LogP contribution in [0.25, 0.3) is 33.4 Å². The predicted molar refractivity (Wildman–Crippen MR) is 247 cm³/mol. The molecule has 0 aromatic heterocycles. The van der Waals surface area contributed by atoms with E-state index in [1.54, 1.807) is 66.5 Å². The number of carbonyl (C=O) groups excluding carboxylic acids is 3. The largest absolute Gasteiger partial charge is 0.508 e. The van der Waals surface area contributed by atoms with Gasteiger partial charge in [-0.3, -0.25) is 19.2 Å². The van der Waals surface area contributed by atoms with Crippen LogP contribution < -0.4 is 26.7 Å². The van der Waals surface area contributed by atoms with E-state index in [0.717, 1.165) is 37.1 Å². The third-order valence-corrected chi connectivity index (χ3v) is 11.7. The summed E-state index contributed by atoms with van der Waals surface area (Å²) >= 11 is 17.7. The summed E-state index contributed by atoms with van der Waals surface area (Å²) in [4.78, 5) is 68.1. The summed E-state index contributed by atoms with van der Waals surface area (Å²) < 4.78 is 5.90. The number of nitrogens with zero attached hydrogens (tertiary/aromatic N) is 2. The van der Waals surface area contributed by atoms with Gasteiger partial charge in [-0.05, 0) is 116 Å². The van der Waals surface area contributed by atoms with Crippen molar-refractivity contribution in [2.24, 2.45) is 0 Å². The molecule has 4 aromatic rings. The number of amides is 3. The van der Waals surface area contributed by atoms with Crippen LogP contribution in [0.4, 0.5) is 11.4 Å². The lowest BCUT2D eigenvalue weighted by Crippen LogP contribution is -2.41. The summed E-state index contributed by atoms with van der Waals surface area (Å²) in [7, 11) is 1.77. The Bertz CT molecular complexity index is 2780. The van der Waals surface area contributed by atoms with Crippen molar-refractivity contribution in [3.8, 4) is 28.2 Å². The molecule has 4 aromatic carbocycles. The maximum Gasteiger partial charge on any atom is 0.336 e. The van der Waals surface area contributed by atoms with Gasteiger partial charge in [0.15, 0.2) is 10.5 Å². The SMILES string of the molecule is CN(C(=O)Cc1ccc(Cl)c(Cl)c1)C(CN1CCCC1)c1cccc(NC(=O)CNC(=O)CNC(=S)Nc2ccc(-c3c4ccc(=O)cc-4oc4cc(O)ccc34)c(C(=O)O)c2)c1. The van der Waals surface area contributed by atoms with Crippen molar-refractivity contribution in [3.05, 3.63) is 134 Å². The predicted octanol–water partition coefficient (Wildman–Crippen LogP) is 7.15. The first kappa shape index (κ1) is 44.5. The molecule has 0 saturated carbocycles. The molecule has 3 amide bonds. The van der Waals surface area contributed by atoms with Crippen LogP contribution in [0, 0.1) is 0 Å². The van der Waals surface area contributed by atoms with Crippen molar-refractivity contribution < 1.29 is 33.8 Å². The number of hydrogen-bond acceptors (Lipinski definition) is 9. The number of phenols is 1. The van der Waals surface area contributed by atoms with Crippen molar-refractivity contribution in [2.45, 2.75) is 25.3 Å². The van der Waals surface area contributed by atoms with E-state index in [0.29, 0.717) is 50.0 Å². The average molecular weight is 910 g/mol. The fourth-order valence-corrected chi connectivity index (χ4v) is 8.07. The van der Waals surface area contributed by atoms with E-state index in [2.05, 4.69) is 26.2 Å². The minimum Gasteiger partial charge on any atom is -0.508 e. The van der Waals surface area contributed by atoms with Gasteiger partial charge in [-0.15, -0.1) is 0 Å². The van der Waals surface area contributed by atoms with E-state index < -0.39 is 17.8 Å². The summed E-state index contributed by atoms with van der Waals surface area (Å²) in [5, 5.41) is 32.7. The monoisotopic (exact) mass is 908 g/mol. The second-order valence-corrected chi connectivity index (χ2v) is 16.3. The molecule has 1 saturated heterocycles. The zero-order chi connectivity index (χ0) is 44.8. The molecule has 3 aliphatic rings. The van der Waals surface area contributed by atoms with E-state index in [-0.39, 0.29) is 64.7 Å². The number of likely N-dealkylation sites (tertiary alicyclic amines) is 1. The standard InChI is InChI=1S/C46H42Cl2N6O8S/c1-53(43(59)18-26-7-14-36(47)37(48)17-26)38(25-54-15-2-3-16-54)27-5-4-6-28(19-27)51-42(58)24-49-41(57)23-50-46(63)52-29-8-11-32(35(20-29)45(60)61)44-33-12-9-30(55)21-39(33)62-40-22-31(56)10-13-34(40)44/h4-14,17,19-22,38,55H,2-3,15-16,18,23-25H2,1H3,(H,49,57)(H,51,58)(H,60,61)(H2,50,52,63). The Labute approximate surface area is 377 Å². The van der Waals surface area contributed by atoms with Gasteiger partial charge in [0.1, 0.15) is 17.1 Å². The van der Waals surface area contributed by atoms with Gasteiger partial charge in [0, 0.05) is 53.6 Å². The highest BCUT2D eigenvalue weighted by molar-refractivity contribution is 7.80. The second kappa shape index (κ2) is 19.7. The van der Waals surface area contributed by atoms with E-state index in [1.807, 2.05) is 12.1 Å². The van der Waals surface area contributed by atoms with E-state index >= 15 is 0 Å². The Balaban J connectivity index is 0.951. The Morgan fingerprint density at radius 1 is 0.825 bits per heavy atom. The number of rotatable bonds is 14. The van der Waals surface area contributed by atoms with Gasteiger partial charge in [-0.2, -0.15) is 0 Å². The molecule has 2 aliphatic heterocycles. The maximum absolute atomic E-state index is 13.5. The number of halogens is 2. The van der Waals surface area contributed by atoms with Crippen molar-refractivity contribution in [2.75, 3.05) is 50.4 Å². The van der Waals surface area contributed by atoms with Crippen LogP contribution in [0.15, 0.2) is 106 Å². The molecule has 17 heteroatoms. The fraction of sp³-hybridized carbons (Fsp3) is 0.217. The Kier molecular flexibility index (Phi) is 13.9. The maximum atomic E-state index is 13.5. The quantitative estimate of drug-likeness (QED) is 0.0478. The lowest BCUT2D eigenvalue weighted by atomic mass is 9.90. The Hall–Kier alpha value is -6.52. The number of thiocarbonyl (C=S) groups is 1. The minimum absolute atomic E-state index is 0.0206. The normalized spacial score (nSPS) is 13.1. The molecule has 7 rings (SSSR count). The van der Waals surface area contributed by atoms with Crippen LogP contribution in [0.1, 0.15) is 40.4 Å². The molecule has 0 radical (unpaired) electrons. The van der Waals surface area contributed by atoms with Crippen LogP contribution >= 0.6 is 35.4 Å². The lowest BCUT2D eigenvalue weighted by molar-refractivity contribution is -0.131. The van der Waals surface area contributed by atoms with Crippen molar-refractivity contribution in [1.82, 2.24) is 20.4 Å². The number of carboxylic acids is 1. The van der Waals surface area contributed by atoms with Gasteiger partial charge in [-0.1, -0.05) is 47.5 Å². The van der Waals surface area contributed by atoms with E-state index in [9.17, 15) is 34.2 Å². The highest BCUT2D eigenvalue weighted by Crippen LogP contribution is 2.42. The molecule has 63 heavy (non-hydrogen) atoms. The number of nitrogens with one attached hydrogen (secondary N) is 4. The van der Waals surface area contributed by atoms with Crippen LogP contribution in [-0.4, -0.2) is 88.6 Å². The number of fused-ring (bicyclic) bond motifs is 2. The third kappa shape index (κ3) is 10.9. The average Bonchev–Trinajstić information content (AvgIpc) is 3.78. The molecule has 0 spiro atoms. The van der Waals surface area contributed by atoms with E-state index in [4.69, 9.17) is 39.8 Å². The summed E-state index contributed by atoms with van der Waals surface area (Å²) in [5.41, 5.74) is 3.57. The fourth-order valence-electron chi connectivity index (χ4n) is 7.56. The zero-order valence-electron chi connectivity index (χ0n) is 33.9. The first-order valence-electron chi connectivity index (χ1n) is 19.9. The first-order chi connectivity index (χ1) is 30.2. The van der Waals surface area contributed by atoms with Gasteiger partial charge in [0.2, 0.25) is 17.7 Å². The highest BCUT2D eigenvalue weighted by atomic mass is 35.5. The number of carbonyl (C=O) groups is 4. The number of likely N-dealkylation sites (N-methyl/N-ethyl adjacent to an activating group) is 1. The molecule has 324 valence electrons. The summed E-state index contributed by atoms with van der Waals surface area (Å²) in [6.07, 6.45) is 2.30. The van der Waals surface area contributed by atoms with Crippen LogP contribution in [0.2, 0.25) is 10.0 Å². The number of phenolic OH excluding ortho intramolecular Hbond substituents is 1. The zero-order valence-corrected chi connectivity index (χ0v) is 36.2. The lowest BCUT2D eigenvalue weighted by Gasteiger charge is -2.32. The molecule has 6 N–H and O–H groups in total. The van der Waals surface area contributed by atoms with Gasteiger partial charge < -0.3 is 45.7 Å². The molecular formula is C46H42Cl2N6O8S. The summed E-state index contributed by atoms with van der Waals surface area (Å²) in [5.74, 6) is -2.19. The second-order valence-electron chi connectivity index (χ2n) is 15.1. The minimum atomic E-state index is -1.24. The molecule has 1 unspecified atom stereocenters. The van der Waals surface area contributed by atoms with Gasteiger partial charge in [-0.25, -0.2) is 4.79 Å². The molecule has 1 atom stereocenters. The molecule has 14 nitrogen and oxygen atoms in total. The summed E-state index contributed by atoms with van der Waals surface area (Å²) in [6, 6.07) is 25.4. The number of aromatic hydroxyl groups is 1. The number of carboxylic acid groups (broad SMARTS) is 1. The molecule has 2 heterocycles. The molecule has 0 bridgehead atoms. The number of anilines is 2.